The van der Waals surface area contributed by atoms with E-state index in [2.05, 4.69) is 4.90 Å². The smallest absolute Gasteiger partial charge is 0.254 e. The molecule has 28 heavy (non-hydrogen) atoms. The zero-order valence-corrected chi connectivity index (χ0v) is 15.7. The minimum Gasteiger partial charge on any atom is -0.497 e. The standard InChI is InChI=1S/C20H21FN4O3/c1-27-16-9-15(10-17(11-16)28-2)24-3-5-25(6-4-24)20(26)13-7-14(12-22)19(23)18(21)8-13/h7-11H,3-6,23H2,1-2H3. The van der Waals surface area contributed by atoms with E-state index in [-0.39, 0.29) is 22.7 Å². The van der Waals surface area contributed by atoms with Gasteiger partial charge < -0.3 is 25.0 Å². The van der Waals surface area contributed by atoms with E-state index in [1.165, 1.54) is 6.07 Å². The van der Waals surface area contributed by atoms with Crippen LogP contribution in [-0.4, -0.2) is 51.2 Å². The van der Waals surface area contributed by atoms with Gasteiger partial charge in [-0.2, -0.15) is 5.26 Å². The fourth-order valence-corrected chi connectivity index (χ4v) is 3.16. The molecular formula is C20H21FN4O3. The first-order valence-corrected chi connectivity index (χ1v) is 8.73. The number of nitrogen functional groups attached to an aromatic ring is 1. The van der Waals surface area contributed by atoms with Gasteiger partial charge in [0, 0.05) is 55.6 Å². The van der Waals surface area contributed by atoms with Crippen LogP contribution in [0.15, 0.2) is 30.3 Å². The number of methoxy groups -OCH3 is 2. The van der Waals surface area contributed by atoms with Crippen LogP contribution in [0.25, 0.3) is 0 Å². The lowest BCUT2D eigenvalue weighted by atomic mass is 10.1. The van der Waals surface area contributed by atoms with Crippen LogP contribution in [0.5, 0.6) is 11.5 Å². The summed E-state index contributed by atoms with van der Waals surface area (Å²) in [7, 11) is 3.19. The molecule has 2 N–H and O–H groups in total. The molecule has 1 fully saturated rings. The maximum Gasteiger partial charge on any atom is 0.254 e. The summed E-state index contributed by atoms with van der Waals surface area (Å²) in [5.74, 6) is 0.297. The van der Waals surface area contributed by atoms with Gasteiger partial charge in [-0.1, -0.05) is 0 Å². The molecule has 8 heteroatoms. The number of benzene rings is 2. The van der Waals surface area contributed by atoms with Crippen molar-refractivity contribution in [3.05, 3.63) is 47.3 Å². The van der Waals surface area contributed by atoms with Crippen molar-refractivity contribution in [1.29, 1.82) is 5.26 Å². The normalized spacial score (nSPS) is 13.8. The second kappa shape index (κ2) is 8.05. The van der Waals surface area contributed by atoms with Crippen LogP contribution in [0.1, 0.15) is 15.9 Å². The molecule has 1 amide bonds. The van der Waals surface area contributed by atoms with Gasteiger partial charge in [0.2, 0.25) is 0 Å². The van der Waals surface area contributed by atoms with E-state index in [0.29, 0.717) is 37.7 Å². The highest BCUT2D eigenvalue weighted by Crippen LogP contribution is 2.29. The minimum absolute atomic E-state index is 0.0366. The van der Waals surface area contributed by atoms with Gasteiger partial charge >= 0.3 is 0 Å². The zero-order valence-electron chi connectivity index (χ0n) is 15.7. The molecule has 2 aromatic carbocycles. The quantitative estimate of drug-likeness (QED) is 0.813. The molecule has 0 aromatic heterocycles. The molecule has 7 nitrogen and oxygen atoms in total. The third-order valence-electron chi connectivity index (χ3n) is 4.77. The number of ether oxygens (including phenoxy) is 2. The second-order valence-electron chi connectivity index (χ2n) is 6.38. The summed E-state index contributed by atoms with van der Waals surface area (Å²) in [6.45, 7) is 2.13. The van der Waals surface area contributed by atoms with Gasteiger partial charge in [-0.25, -0.2) is 4.39 Å². The first-order chi connectivity index (χ1) is 13.5. The zero-order chi connectivity index (χ0) is 20.3. The lowest BCUT2D eigenvalue weighted by molar-refractivity contribution is 0.0746. The molecule has 0 spiro atoms. The van der Waals surface area contributed by atoms with Crippen molar-refractivity contribution in [2.75, 3.05) is 51.0 Å². The van der Waals surface area contributed by atoms with Crippen LogP contribution in [-0.2, 0) is 0 Å². The van der Waals surface area contributed by atoms with Gasteiger partial charge in [-0.3, -0.25) is 4.79 Å². The Balaban J connectivity index is 1.73. The Labute approximate surface area is 162 Å². The Hall–Kier alpha value is -3.47. The SMILES string of the molecule is COc1cc(OC)cc(N2CCN(C(=O)c3cc(F)c(N)c(C#N)c3)CC2)c1. The Morgan fingerprint density at radius 1 is 1.07 bits per heavy atom. The van der Waals surface area contributed by atoms with Crippen molar-refractivity contribution in [3.8, 4) is 17.6 Å². The van der Waals surface area contributed by atoms with E-state index in [1.54, 1.807) is 25.2 Å². The predicted molar refractivity (Wildman–Crippen MR) is 103 cm³/mol. The molecule has 0 unspecified atom stereocenters. The summed E-state index contributed by atoms with van der Waals surface area (Å²) in [6, 6.07) is 9.85. The summed E-state index contributed by atoms with van der Waals surface area (Å²) < 4.78 is 24.5. The van der Waals surface area contributed by atoms with Crippen LogP contribution >= 0.6 is 0 Å². The van der Waals surface area contributed by atoms with Crippen molar-refractivity contribution in [2.45, 2.75) is 0 Å². The molecule has 2 aromatic rings. The molecular weight excluding hydrogens is 363 g/mol. The summed E-state index contributed by atoms with van der Waals surface area (Å²) in [5.41, 5.74) is 6.31. The van der Waals surface area contributed by atoms with Crippen molar-refractivity contribution in [1.82, 2.24) is 4.90 Å². The van der Waals surface area contributed by atoms with Gasteiger partial charge in [-0.15, -0.1) is 0 Å². The maximum absolute atomic E-state index is 13.9. The molecule has 1 aliphatic rings. The number of carbonyl (C=O) groups excluding carboxylic acids is 1. The average molecular weight is 384 g/mol. The molecule has 0 saturated carbocycles. The lowest BCUT2D eigenvalue weighted by Gasteiger charge is -2.36. The van der Waals surface area contributed by atoms with Crippen LogP contribution < -0.4 is 20.1 Å². The van der Waals surface area contributed by atoms with Gasteiger partial charge in [0.15, 0.2) is 0 Å². The Morgan fingerprint density at radius 3 is 2.21 bits per heavy atom. The maximum atomic E-state index is 13.9. The average Bonchev–Trinajstić information content (AvgIpc) is 2.74. The van der Waals surface area contributed by atoms with Crippen molar-refractivity contribution < 1.29 is 18.7 Å². The number of piperazine rings is 1. The van der Waals surface area contributed by atoms with Crippen molar-refractivity contribution in [3.63, 3.8) is 0 Å². The Bertz CT molecular complexity index is 912. The fourth-order valence-electron chi connectivity index (χ4n) is 3.16. The fraction of sp³-hybridized carbons (Fsp3) is 0.300. The molecule has 0 atom stereocenters. The molecule has 1 aliphatic heterocycles. The highest BCUT2D eigenvalue weighted by molar-refractivity contribution is 5.95. The molecule has 1 saturated heterocycles. The van der Waals surface area contributed by atoms with E-state index < -0.39 is 5.82 Å². The number of anilines is 2. The number of halogens is 1. The van der Waals surface area contributed by atoms with Crippen LogP contribution in [0.4, 0.5) is 15.8 Å². The lowest BCUT2D eigenvalue weighted by Crippen LogP contribution is -2.48. The number of amides is 1. The molecule has 0 aliphatic carbocycles. The Kier molecular flexibility index (Phi) is 5.54. The molecule has 3 rings (SSSR count). The number of nitriles is 1. The molecule has 0 radical (unpaired) electrons. The first-order valence-electron chi connectivity index (χ1n) is 8.73. The largest absolute Gasteiger partial charge is 0.497 e. The van der Waals surface area contributed by atoms with E-state index in [0.717, 1.165) is 11.8 Å². The van der Waals surface area contributed by atoms with Crippen LogP contribution in [0, 0.1) is 17.1 Å². The van der Waals surface area contributed by atoms with Crippen LogP contribution in [0.2, 0.25) is 0 Å². The number of nitrogens with two attached hydrogens (primary N) is 1. The predicted octanol–water partition coefficient (Wildman–Crippen LogP) is 2.26. The van der Waals surface area contributed by atoms with Crippen LogP contribution in [0.3, 0.4) is 0 Å². The summed E-state index contributed by atoms with van der Waals surface area (Å²) in [5, 5.41) is 9.06. The number of rotatable bonds is 4. The molecule has 1 heterocycles. The van der Waals surface area contributed by atoms with Gasteiger partial charge in [0.05, 0.1) is 25.5 Å². The number of hydrogen-bond donors (Lipinski definition) is 1. The van der Waals surface area contributed by atoms with E-state index in [1.807, 2.05) is 18.2 Å². The third kappa shape index (κ3) is 3.78. The van der Waals surface area contributed by atoms with E-state index in [4.69, 9.17) is 20.5 Å². The number of nitrogens with zero attached hydrogens (tertiary/aromatic N) is 3. The topological polar surface area (TPSA) is 91.8 Å². The highest BCUT2D eigenvalue weighted by Gasteiger charge is 2.24. The number of carbonyl (C=O) groups is 1. The number of hydrogen-bond acceptors (Lipinski definition) is 6. The second-order valence-corrected chi connectivity index (χ2v) is 6.38. The van der Waals surface area contributed by atoms with Gasteiger partial charge in [0.1, 0.15) is 23.4 Å². The first kappa shape index (κ1) is 19.3. The minimum atomic E-state index is -0.760. The van der Waals surface area contributed by atoms with Crippen molar-refractivity contribution >= 4 is 17.3 Å². The van der Waals surface area contributed by atoms with E-state index in [9.17, 15) is 9.18 Å². The van der Waals surface area contributed by atoms with Crippen molar-refractivity contribution in [2.24, 2.45) is 0 Å². The van der Waals surface area contributed by atoms with E-state index >= 15 is 0 Å². The summed E-state index contributed by atoms with van der Waals surface area (Å²) >= 11 is 0. The third-order valence-corrected chi connectivity index (χ3v) is 4.77. The summed E-state index contributed by atoms with van der Waals surface area (Å²) in [4.78, 5) is 16.5. The highest BCUT2D eigenvalue weighted by atomic mass is 19.1. The monoisotopic (exact) mass is 384 g/mol. The Morgan fingerprint density at radius 2 is 1.68 bits per heavy atom. The molecule has 146 valence electrons. The van der Waals surface area contributed by atoms with Gasteiger partial charge in [0.25, 0.3) is 5.91 Å². The van der Waals surface area contributed by atoms with Gasteiger partial charge in [-0.05, 0) is 12.1 Å². The summed E-state index contributed by atoms with van der Waals surface area (Å²) in [6.07, 6.45) is 0. The molecule has 0 bridgehead atoms.